The number of hydrogen-bond donors (Lipinski definition) is 4. The molecule has 0 spiro atoms. The molecule has 1 heterocycles. The Bertz CT molecular complexity index is 367. The fourth-order valence-corrected chi connectivity index (χ4v) is 1.66. The number of nitrogens with two attached hydrogens (primary N) is 2. The number of rotatable bonds is 7. The minimum absolute atomic E-state index is 0.0561. The van der Waals surface area contributed by atoms with E-state index in [-0.39, 0.29) is 12.5 Å². The first kappa shape index (κ1) is 14.4. The smallest absolute Gasteiger partial charge is 0.238 e. The molecule has 7 heteroatoms. The Hall–Kier alpha value is -1.70. The largest absolute Gasteiger partial charge is 0.369 e. The molecule has 1 aliphatic rings. The van der Waals surface area contributed by atoms with Gasteiger partial charge in [-0.25, -0.2) is 0 Å². The SMILES string of the molecule is C=CCONC1CNC(C(N)=O)C=C1CC(N)=O. The molecule has 6 N–H and O–H groups in total. The summed E-state index contributed by atoms with van der Waals surface area (Å²) < 4.78 is 0. The zero-order valence-corrected chi connectivity index (χ0v) is 10.0. The predicted octanol–water partition coefficient (Wildman–Crippen LogP) is -1.68. The minimum Gasteiger partial charge on any atom is -0.369 e. The number of carbonyl (C=O) groups excluding carboxylic acids is 2. The Kier molecular flexibility index (Phi) is 5.50. The molecular weight excluding hydrogens is 236 g/mol. The number of amides is 2. The molecular formula is C11H18N4O3. The van der Waals surface area contributed by atoms with Crippen LogP contribution in [0.2, 0.25) is 0 Å². The first-order valence-electron chi connectivity index (χ1n) is 5.54. The maximum atomic E-state index is 11.1. The van der Waals surface area contributed by atoms with Crippen molar-refractivity contribution in [3.8, 4) is 0 Å². The summed E-state index contributed by atoms with van der Waals surface area (Å²) in [6.07, 6.45) is 3.25. The van der Waals surface area contributed by atoms with Crippen LogP contribution < -0.4 is 22.3 Å². The molecule has 0 bridgehead atoms. The lowest BCUT2D eigenvalue weighted by molar-refractivity contribution is -0.120. The first-order chi connectivity index (χ1) is 8.54. The molecule has 0 aromatic heterocycles. The maximum Gasteiger partial charge on any atom is 0.238 e. The van der Waals surface area contributed by atoms with Gasteiger partial charge in [-0.05, 0) is 5.57 Å². The van der Waals surface area contributed by atoms with Crippen LogP contribution in [-0.4, -0.2) is 37.0 Å². The van der Waals surface area contributed by atoms with E-state index in [1.807, 2.05) is 0 Å². The second-order valence-corrected chi connectivity index (χ2v) is 3.94. The lowest BCUT2D eigenvalue weighted by Crippen LogP contribution is -2.52. The van der Waals surface area contributed by atoms with Crippen molar-refractivity contribution in [1.29, 1.82) is 0 Å². The third kappa shape index (κ3) is 4.28. The van der Waals surface area contributed by atoms with Crippen molar-refractivity contribution in [3.63, 3.8) is 0 Å². The van der Waals surface area contributed by atoms with Crippen LogP contribution in [0.3, 0.4) is 0 Å². The van der Waals surface area contributed by atoms with E-state index >= 15 is 0 Å². The van der Waals surface area contributed by atoms with E-state index < -0.39 is 17.9 Å². The van der Waals surface area contributed by atoms with Gasteiger partial charge >= 0.3 is 0 Å². The zero-order valence-electron chi connectivity index (χ0n) is 10.0. The van der Waals surface area contributed by atoms with Crippen molar-refractivity contribution in [2.45, 2.75) is 18.5 Å². The van der Waals surface area contributed by atoms with Gasteiger partial charge in [-0.2, -0.15) is 5.48 Å². The highest BCUT2D eigenvalue weighted by atomic mass is 16.6. The van der Waals surface area contributed by atoms with Gasteiger partial charge in [-0.15, -0.1) is 6.58 Å². The Labute approximate surface area is 105 Å². The van der Waals surface area contributed by atoms with Crippen LogP contribution in [-0.2, 0) is 14.4 Å². The van der Waals surface area contributed by atoms with Crippen molar-refractivity contribution < 1.29 is 14.4 Å². The highest BCUT2D eigenvalue weighted by molar-refractivity contribution is 5.83. The number of nitrogens with one attached hydrogen (secondary N) is 2. The van der Waals surface area contributed by atoms with E-state index in [0.29, 0.717) is 18.7 Å². The molecule has 0 aliphatic carbocycles. The summed E-state index contributed by atoms with van der Waals surface area (Å²) >= 11 is 0. The van der Waals surface area contributed by atoms with Crippen molar-refractivity contribution in [1.82, 2.24) is 10.8 Å². The van der Waals surface area contributed by atoms with Gasteiger partial charge in [0.2, 0.25) is 11.8 Å². The molecule has 0 aromatic carbocycles. The van der Waals surface area contributed by atoms with Crippen molar-refractivity contribution in [2.75, 3.05) is 13.2 Å². The van der Waals surface area contributed by atoms with Gasteiger partial charge < -0.3 is 16.8 Å². The average Bonchev–Trinajstić information content (AvgIpc) is 2.30. The second-order valence-electron chi connectivity index (χ2n) is 3.94. The predicted molar refractivity (Wildman–Crippen MR) is 66.0 cm³/mol. The van der Waals surface area contributed by atoms with E-state index in [1.54, 1.807) is 12.2 Å². The summed E-state index contributed by atoms with van der Waals surface area (Å²) in [6, 6.07) is -0.815. The average molecular weight is 254 g/mol. The molecule has 1 rings (SSSR count). The van der Waals surface area contributed by atoms with Gasteiger partial charge in [-0.3, -0.25) is 14.4 Å². The van der Waals surface area contributed by atoms with Gasteiger partial charge in [0.15, 0.2) is 0 Å². The summed E-state index contributed by atoms with van der Waals surface area (Å²) in [4.78, 5) is 27.2. The van der Waals surface area contributed by atoms with Gasteiger partial charge in [0.05, 0.1) is 12.6 Å². The number of hydrogen-bond acceptors (Lipinski definition) is 5. The third-order valence-corrected chi connectivity index (χ3v) is 2.48. The molecule has 2 atom stereocenters. The molecule has 1 aliphatic heterocycles. The quantitative estimate of drug-likeness (QED) is 0.246. The zero-order chi connectivity index (χ0) is 13.5. The van der Waals surface area contributed by atoms with Crippen LogP contribution in [0.5, 0.6) is 0 Å². The summed E-state index contributed by atoms with van der Waals surface area (Å²) in [6.45, 7) is 4.27. The molecule has 2 unspecified atom stereocenters. The highest BCUT2D eigenvalue weighted by Crippen LogP contribution is 2.13. The van der Waals surface area contributed by atoms with Gasteiger partial charge in [0, 0.05) is 13.0 Å². The van der Waals surface area contributed by atoms with E-state index in [1.165, 1.54) is 0 Å². The van der Waals surface area contributed by atoms with Crippen molar-refractivity contribution in [2.24, 2.45) is 11.5 Å². The summed E-state index contributed by atoms with van der Waals surface area (Å²) in [5.74, 6) is -0.968. The van der Waals surface area contributed by atoms with E-state index in [4.69, 9.17) is 16.3 Å². The molecule has 0 aromatic rings. The Balaban J connectivity index is 2.71. The van der Waals surface area contributed by atoms with E-state index in [9.17, 15) is 9.59 Å². The van der Waals surface area contributed by atoms with E-state index in [2.05, 4.69) is 17.4 Å². The van der Waals surface area contributed by atoms with Crippen LogP contribution in [0.1, 0.15) is 6.42 Å². The molecule has 2 amide bonds. The molecule has 100 valence electrons. The highest BCUT2D eigenvalue weighted by Gasteiger charge is 2.26. The number of primary amides is 2. The fraction of sp³-hybridized carbons (Fsp3) is 0.455. The van der Waals surface area contributed by atoms with Crippen molar-refractivity contribution in [3.05, 3.63) is 24.3 Å². The fourth-order valence-electron chi connectivity index (χ4n) is 1.66. The Morgan fingerprint density at radius 1 is 1.61 bits per heavy atom. The van der Waals surface area contributed by atoms with Crippen LogP contribution in [0.15, 0.2) is 24.3 Å². The Morgan fingerprint density at radius 2 is 2.33 bits per heavy atom. The maximum absolute atomic E-state index is 11.1. The topological polar surface area (TPSA) is 119 Å². The molecule has 18 heavy (non-hydrogen) atoms. The number of hydroxylamine groups is 1. The summed E-state index contributed by atoms with van der Waals surface area (Å²) in [5.41, 5.74) is 13.8. The number of carbonyl (C=O) groups is 2. The van der Waals surface area contributed by atoms with Crippen LogP contribution in [0.25, 0.3) is 0 Å². The summed E-state index contributed by atoms with van der Waals surface area (Å²) in [5, 5.41) is 2.93. The van der Waals surface area contributed by atoms with Crippen molar-refractivity contribution >= 4 is 11.8 Å². The van der Waals surface area contributed by atoms with Crippen LogP contribution in [0, 0.1) is 0 Å². The van der Waals surface area contributed by atoms with E-state index in [0.717, 1.165) is 0 Å². The second kappa shape index (κ2) is 6.90. The van der Waals surface area contributed by atoms with Gasteiger partial charge in [0.1, 0.15) is 6.04 Å². The molecule has 0 fully saturated rings. The van der Waals surface area contributed by atoms with Crippen LogP contribution >= 0.6 is 0 Å². The first-order valence-corrected chi connectivity index (χ1v) is 5.54. The minimum atomic E-state index is -0.586. The Morgan fingerprint density at radius 3 is 2.89 bits per heavy atom. The lowest BCUT2D eigenvalue weighted by Gasteiger charge is -2.28. The molecule has 0 saturated heterocycles. The van der Waals surface area contributed by atoms with Gasteiger partial charge in [0.25, 0.3) is 0 Å². The standard InChI is InChI=1S/C11H18N4O3/c1-2-3-18-15-9-6-14-8(11(13)17)4-7(9)5-10(12)16/h2,4,8-9,14-15H,1,3,5-6H2,(H2,12,16)(H2,13,17). The third-order valence-electron chi connectivity index (χ3n) is 2.48. The monoisotopic (exact) mass is 254 g/mol. The summed E-state index contributed by atoms with van der Waals surface area (Å²) in [7, 11) is 0. The van der Waals surface area contributed by atoms with Gasteiger partial charge in [-0.1, -0.05) is 12.2 Å². The van der Waals surface area contributed by atoms with Crippen LogP contribution in [0.4, 0.5) is 0 Å². The lowest BCUT2D eigenvalue weighted by atomic mass is 9.97. The molecule has 0 saturated carbocycles. The normalized spacial score (nSPS) is 23.2. The molecule has 7 nitrogen and oxygen atoms in total. The molecule has 0 radical (unpaired) electrons.